The zero-order chi connectivity index (χ0) is 7.72. The number of likely N-dealkylation sites (N-methyl/N-ethyl adjacent to an activating group) is 1. The maximum Gasteiger partial charge on any atom is 0.237 e. The Morgan fingerprint density at radius 1 is 1.70 bits per heavy atom. The van der Waals surface area contributed by atoms with Gasteiger partial charge in [-0.2, -0.15) is 8.42 Å². The zero-order valence-electron chi connectivity index (χ0n) is 5.20. The van der Waals surface area contributed by atoms with Crippen LogP contribution in [0.4, 0.5) is 0 Å². The minimum Gasteiger partial charge on any atom is -0.343 e. The van der Waals surface area contributed by atoms with Gasteiger partial charge < -0.3 is 4.90 Å². The average molecular weight is 181 g/mol. The van der Waals surface area contributed by atoms with E-state index in [-0.39, 0.29) is 16.8 Å². The summed E-state index contributed by atoms with van der Waals surface area (Å²) in [6.07, 6.45) is 0. The Morgan fingerprint density at radius 2 is 2.30 bits per heavy atom. The van der Waals surface area contributed by atoms with Gasteiger partial charge in [0.2, 0.25) is 10.3 Å². The smallest absolute Gasteiger partial charge is 0.237 e. The van der Waals surface area contributed by atoms with Crippen LogP contribution in [0.1, 0.15) is 0 Å². The molecule has 0 aromatic heterocycles. The van der Waals surface area contributed by atoms with Gasteiger partial charge in [-0.05, 0) is 11.6 Å². The predicted molar refractivity (Wildman–Crippen MR) is 39.8 cm³/mol. The second kappa shape index (κ2) is 2.59. The summed E-state index contributed by atoms with van der Waals surface area (Å²) in [6.45, 7) is 0.273. The Balaban J connectivity index is 3.08. The number of hydrogen-bond donors (Lipinski definition) is 0. The van der Waals surface area contributed by atoms with Gasteiger partial charge in [0.1, 0.15) is 0 Å². The normalized spacial score (nSPS) is 17.6. The van der Waals surface area contributed by atoms with E-state index in [0.717, 1.165) is 0 Å². The van der Waals surface area contributed by atoms with Gasteiger partial charge >= 0.3 is 0 Å². The molecule has 1 rings (SSSR count). The highest BCUT2D eigenvalue weighted by Gasteiger charge is 2.16. The summed E-state index contributed by atoms with van der Waals surface area (Å²) in [6, 6.07) is 0. The van der Waals surface area contributed by atoms with Crippen molar-refractivity contribution < 1.29 is 8.42 Å². The Bertz CT molecular complexity index is 297. The Labute approximate surface area is 64.6 Å². The molecule has 0 fully saturated rings. The van der Waals surface area contributed by atoms with Gasteiger partial charge in [0.25, 0.3) is 0 Å². The lowest BCUT2D eigenvalue weighted by atomic mass is 10.6. The van der Waals surface area contributed by atoms with Crippen molar-refractivity contribution in [1.82, 2.24) is 4.90 Å². The van der Waals surface area contributed by atoms with E-state index in [0.29, 0.717) is 0 Å². The topological polar surface area (TPSA) is 49.7 Å². The summed E-state index contributed by atoms with van der Waals surface area (Å²) < 4.78 is 20.5. The molecule has 0 N–H and O–H groups in total. The first-order valence-electron chi connectivity index (χ1n) is 2.51. The van der Waals surface area contributed by atoms with Crippen LogP contribution in [0.25, 0.3) is 0 Å². The lowest BCUT2D eigenvalue weighted by Gasteiger charge is -2.04. The van der Waals surface area contributed by atoms with E-state index in [1.807, 2.05) is 0 Å². The summed E-state index contributed by atoms with van der Waals surface area (Å²) >= 11 is 5.48. The van der Waals surface area contributed by atoms with Crippen molar-refractivity contribution in [2.24, 2.45) is 4.99 Å². The van der Waals surface area contributed by atoms with Crippen molar-refractivity contribution in [3.8, 4) is 0 Å². The first-order chi connectivity index (χ1) is 4.61. The van der Waals surface area contributed by atoms with E-state index in [1.54, 1.807) is 11.9 Å². The minimum atomic E-state index is -2.23. The molecule has 0 unspecified atom stereocenters. The van der Waals surface area contributed by atoms with Crippen LogP contribution in [0.15, 0.2) is 4.99 Å². The van der Waals surface area contributed by atoms with Gasteiger partial charge in [0.15, 0.2) is 10.3 Å². The number of rotatable bonds is 0. The van der Waals surface area contributed by atoms with Crippen LogP contribution in [-0.4, -0.2) is 37.2 Å². The molecular formula is C4H5ClN2O2S. The second-order valence-electron chi connectivity index (χ2n) is 1.87. The highest BCUT2D eigenvalue weighted by molar-refractivity contribution is 7.73. The first-order valence-corrected chi connectivity index (χ1v) is 3.97. The minimum absolute atomic E-state index is 0.0903. The van der Waals surface area contributed by atoms with Crippen molar-refractivity contribution in [3.63, 3.8) is 0 Å². The van der Waals surface area contributed by atoms with Crippen molar-refractivity contribution in [3.05, 3.63) is 0 Å². The predicted octanol–water partition coefficient (Wildman–Crippen LogP) is -0.464. The molecule has 0 bridgehead atoms. The van der Waals surface area contributed by atoms with Crippen LogP contribution in [0, 0.1) is 0 Å². The molecule has 10 heavy (non-hydrogen) atoms. The fourth-order valence-corrected chi connectivity index (χ4v) is 1.25. The lowest BCUT2D eigenvalue weighted by molar-refractivity contribution is 0.606. The zero-order valence-corrected chi connectivity index (χ0v) is 6.78. The third kappa shape index (κ3) is 1.30. The molecule has 1 heterocycles. The third-order valence-corrected chi connectivity index (χ3v) is 2.07. The molecule has 0 amide bonds. The summed E-state index contributed by atoms with van der Waals surface area (Å²) in [5.74, 6) is 0. The summed E-state index contributed by atoms with van der Waals surface area (Å²) in [4.78, 5) is 5.22. The molecule has 0 aromatic rings. The van der Waals surface area contributed by atoms with Crippen molar-refractivity contribution in [1.29, 1.82) is 0 Å². The lowest BCUT2D eigenvalue weighted by Crippen LogP contribution is -2.19. The molecule has 0 atom stereocenters. The number of hydrogen-bond acceptors (Lipinski definition) is 3. The second-order valence-corrected chi connectivity index (χ2v) is 3.14. The summed E-state index contributed by atoms with van der Waals surface area (Å²) in [5.41, 5.74) is 0. The molecule has 0 saturated carbocycles. The maximum atomic E-state index is 10.3. The number of halogens is 1. The monoisotopic (exact) mass is 180 g/mol. The van der Waals surface area contributed by atoms with Gasteiger partial charge in [0, 0.05) is 7.05 Å². The van der Waals surface area contributed by atoms with E-state index >= 15 is 0 Å². The van der Waals surface area contributed by atoms with Crippen LogP contribution >= 0.6 is 11.6 Å². The van der Waals surface area contributed by atoms with Crippen molar-refractivity contribution >= 4 is 32.2 Å². The van der Waals surface area contributed by atoms with Gasteiger partial charge in [0.05, 0.1) is 6.54 Å². The standard InChI is InChI=1S/C4H5ClN2O2S/c1-7-2-3(10(8)9)6-4(7)5/h2H2,1H3. The highest BCUT2D eigenvalue weighted by atomic mass is 35.5. The molecule has 56 valence electrons. The van der Waals surface area contributed by atoms with E-state index in [1.165, 1.54) is 0 Å². The van der Waals surface area contributed by atoms with Crippen LogP contribution in [0.5, 0.6) is 0 Å². The molecule has 1 aliphatic rings. The molecule has 4 nitrogen and oxygen atoms in total. The molecule has 0 aliphatic carbocycles. The molecule has 6 heteroatoms. The fourth-order valence-electron chi connectivity index (χ4n) is 0.582. The van der Waals surface area contributed by atoms with Gasteiger partial charge in [-0.1, -0.05) is 0 Å². The van der Waals surface area contributed by atoms with Gasteiger partial charge in [-0.3, -0.25) is 0 Å². The van der Waals surface area contributed by atoms with Crippen LogP contribution < -0.4 is 0 Å². The average Bonchev–Trinajstić information content (AvgIpc) is 2.13. The van der Waals surface area contributed by atoms with Crippen LogP contribution in [0.2, 0.25) is 0 Å². The Hall–Kier alpha value is -0.550. The fraction of sp³-hybridized carbons (Fsp3) is 0.500. The molecule has 0 aromatic carbocycles. The first kappa shape index (κ1) is 7.56. The number of amidine groups is 1. The summed E-state index contributed by atoms with van der Waals surface area (Å²) in [5, 5.41) is 0.221. The Kier molecular flexibility index (Phi) is 1.96. The maximum absolute atomic E-state index is 10.3. The highest BCUT2D eigenvalue weighted by Crippen LogP contribution is 2.02. The number of nitrogens with zero attached hydrogens (tertiary/aromatic N) is 2. The van der Waals surface area contributed by atoms with E-state index in [9.17, 15) is 8.42 Å². The number of aliphatic imine (C=N–C) groups is 1. The quantitative estimate of drug-likeness (QED) is 0.374. The van der Waals surface area contributed by atoms with Crippen LogP contribution in [0.3, 0.4) is 0 Å². The largest absolute Gasteiger partial charge is 0.343 e. The molecule has 1 aliphatic heterocycles. The van der Waals surface area contributed by atoms with E-state index in [2.05, 4.69) is 4.99 Å². The molecule has 0 radical (unpaired) electrons. The third-order valence-electron chi connectivity index (χ3n) is 1.10. The van der Waals surface area contributed by atoms with Gasteiger partial charge in [-0.25, -0.2) is 4.99 Å². The SMILES string of the molecule is CN1CC(=S(=O)=O)N=C1Cl. The summed E-state index contributed by atoms with van der Waals surface area (Å²) in [7, 11) is -0.557. The molecule has 0 saturated heterocycles. The van der Waals surface area contributed by atoms with E-state index < -0.39 is 10.3 Å². The van der Waals surface area contributed by atoms with Crippen molar-refractivity contribution in [2.45, 2.75) is 0 Å². The van der Waals surface area contributed by atoms with Crippen molar-refractivity contribution in [2.75, 3.05) is 13.6 Å². The van der Waals surface area contributed by atoms with Crippen LogP contribution in [-0.2, 0) is 10.3 Å². The van der Waals surface area contributed by atoms with Gasteiger partial charge in [-0.15, -0.1) is 0 Å². The molecule has 0 spiro atoms. The Morgan fingerprint density at radius 3 is 2.50 bits per heavy atom. The molecular weight excluding hydrogens is 176 g/mol. The van der Waals surface area contributed by atoms with E-state index in [4.69, 9.17) is 11.6 Å².